The second kappa shape index (κ2) is 3.85. The molecule has 4 heteroatoms. The first-order chi connectivity index (χ1) is 7.93. The highest BCUT2D eigenvalue weighted by atomic mass is 16.1. The van der Waals surface area contributed by atoms with Gasteiger partial charge in [-0.15, -0.1) is 12.4 Å². The van der Waals surface area contributed by atoms with Crippen LogP contribution in [0.4, 0.5) is 0 Å². The number of nitrogens with zero attached hydrogens (tertiary/aromatic N) is 2. The van der Waals surface area contributed by atoms with Crippen LogP contribution in [0.1, 0.15) is 32.2 Å². The fraction of sp³-hybridized carbons (Fsp3) is 0.308. The van der Waals surface area contributed by atoms with E-state index < -0.39 is 5.41 Å². The number of fused-ring (bicyclic) bond motifs is 1. The SMILES string of the molecule is C#Cc1cnc2c(n1)C(C(=O)C(C)(C)C)=C[B]2. The van der Waals surface area contributed by atoms with Crippen LogP contribution in [0.25, 0.3) is 5.57 Å². The Morgan fingerprint density at radius 1 is 1.47 bits per heavy atom. The fourth-order valence-electron chi connectivity index (χ4n) is 1.62. The monoisotopic (exact) mass is 223 g/mol. The number of ketones is 1. The maximum absolute atomic E-state index is 12.2. The molecule has 0 atom stereocenters. The molecule has 1 aromatic rings. The summed E-state index contributed by atoms with van der Waals surface area (Å²) < 4.78 is 0. The molecule has 2 rings (SSSR count). The molecule has 0 spiro atoms. The predicted octanol–water partition coefficient (Wildman–Crippen LogP) is 0.757. The average Bonchev–Trinajstić information content (AvgIpc) is 2.69. The third-order valence-electron chi connectivity index (χ3n) is 2.54. The van der Waals surface area contributed by atoms with Crippen molar-refractivity contribution in [3.05, 3.63) is 23.6 Å². The molecule has 0 saturated heterocycles. The first kappa shape index (κ1) is 11.6. The minimum absolute atomic E-state index is 0.0518. The number of carbonyl (C=O) groups excluding carboxylic acids is 1. The quantitative estimate of drug-likeness (QED) is 0.521. The number of carbonyl (C=O) groups is 1. The molecule has 0 amide bonds. The molecular weight excluding hydrogens is 211 g/mol. The maximum Gasteiger partial charge on any atom is 0.211 e. The van der Waals surface area contributed by atoms with Gasteiger partial charge >= 0.3 is 0 Å². The highest BCUT2D eigenvalue weighted by molar-refractivity contribution is 6.65. The van der Waals surface area contributed by atoms with E-state index in [1.54, 1.807) is 13.3 Å². The minimum Gasteiger partial charge on any atom is -0.294 e. The lowest BCUT2D eigenvalue weighted by molar-refractivity contribution is -0.120. The molecule has 2 heterocycles. The van der Waals surface area contributed by atoms with E-state index in [-0.39, 0.29) is 5.78 Å². The highest BCUT2D eigenvalue weighted by Crippen LogP contribution is 2.26. The zero-order valence-electron chi connectivity index (χ0n) is 10.1. The first-order valence-electron chi connectivity index (χ1n) is 5.37. The Bertz CT molecular complexity index is 562. The second-order valence-electron chi connectivity index (χ2n) is 4.96. The van der Waals surface area contributed by atoms with Gasteiger partial charge in [-0.1, -0.05) is 20.8 Å². The molecule has 83 valence electrons. The molecule has 3 nitrogen and oxygen atoms in total. The third-order valence-corrected chi connectivity index (χ3v) is 2.54. The van der Waals surface area contributed by atoms with Crippen molar-refractivity contribution < 1.29 is 4.79 Å². The molecule has 1 aromatic heterocycles. The zero-order valence-corrected chi connectivity index (χ0v) is 10.1. The van der Waals surface area contributed by atoms with E-state index in [0.29, 0.717) is 22.6 Å². The van der Waals surface area contributed by atoms with Gasteiger partial charge in [0.05, 0.1) is 11.9 Å². The maximum atomic E-state index is 12.2. The molecule has 1 aliphatic heterocycles. The van der Waals surface area contributed by atoms with Gasteiger partial charge in [0.15, 0.2) is 5.78 Å². The predicted molar refractivity (Wildman–Crippen MR) is 67.8 cm³/mol. The summed E-state index contributed by atoms with van der Waals surface area (Å²) in [5.74, 6) is 4.24. The van der Waals surface area contributed by atoms with Crippen LogP contribution >= 0.6 is 0 Å². The van der Waals surface area contributed by atoms with Crippen molar-refractivity contribution in [2.45, 2.75) is 20.8 Å². The smallest absolute Gasteiger partial charge is 0.211 e. The third kappa shape index (κ3) is 2.01. The number of allylic oxidation sites excluding steroid dienone is 1. The van der Waals surface area contributed by atoms with Crippen LogP contribution in [-0.4, -0.2) is 23.0 Å². The van der Waals surface area contributed by atoms with E-state index in [9.17, 15) is 4.79 Å². The van der Waals surface area contributed by atoms with Crippen molar-refractivity contribution in [1.29, 1.82) is 0 Å². The lowest BCUT2D eigenvalue weighted by Crippen LogP contribution is -2.24. The Labute approximate surface area is 102 Å². The van der Waals surface area contributed by atoms with Crippen LogP contribution in [0.15, 0.2) is 12.2 Å². The molecular formula is C13H12BN2O. The van der Waals surface area contributed by atoms with E-state index in [4.69, 9.17) is 6.42 Å². The van der Waals surface area contributed by atoms with Crippen LogP contribution in [-0.2, 0) is 4.79 Å². The lowest BCUT2D eigenvalue weighted by atomic mass is 9.77. The largest absolute Gasteiger partial charge is 0.294 e. The van der Waals surface area contributed by atoms with Gasteiger partial charge in [-0.25, -0.2) is 4.98 Å². The lowest BCUT2D eigenvalue weighted by Gasteiger charge is -2.17. The van der Waals surface area contributed by atoms with Gasteiger partial charge in [0.1, 0.15) is 5.69 Å². The summed E-state index contributed by atoms with van der Waals surface area (Å²) in [5.41, 5.74) is 1.91. The Morgan fingerprint density at radius 2 is 2.18 bits per heavy atom. The van der Waals surface area contributed by atoms with Gasteiger partial charge in [0.2, 0.25) is 7.28 Å². The topological polar surface area (TPSA) is 42.9 Å². The van der Waals surface area contributed by atoms with Crippen LogP contribution < -0.4 is 5.59 Å². The van der Waals surface area contributed by atoms with Crippen molar-refractivity contribution in [3.63, 3.8) is 0 Å². The van der Waals surface area contributed by atoms with Crippen molar-refractivity contribution >= 4 is 24.2 Å². The summed E-state index contributed by atoms with van der Waals surface area (Å²) in [6.45, 7) is 5.64. The molecule has 17 heavy (non-hydrogen) atoms. The van der Waals surface area contributed by atoms with Crippen LogP contribution in [0, 0.1) is 17.8 Å². The van der Waals surface area contributed by atoms with Crippen LogP contribution in [0.5, 0.6) is 0 Å². The summed E-state index contributed by atoms with van der Waals surface area (Å²) in [7, 11) is 1.79. The summed E-state index contributed by atoms with van der Waals surface area (Å²) in [6.07, 6.45) is 6.82. The van der Waals surface area contributed by atoms with Gasteiger partial charge in [-0.05, 0) is 5.92 Å². The Balaban J connectivity index is 2.46. The molecule has 1 aliphatic rings. The van der Waals surface area contributed by atoms with Gasteiger partial charge in [-0.3, -0.25) is 9.78 Å². The van der Waals surface area contributed by atoms with E-state index in [1.807, 2.05) is 20.8 Å². The Hall–Kier alpha value is -1.89. The number of rotatable bonds is 1. The molecule has 0 aromatic carbocycles. The second-order valence-corrected chi connectivity index (χ2v) is 4.96. The number of Topliss-reactive ketones (excluding diaryl/α,β-unsaturated/α-hetero) is 1. The molecule has 0 N–H and O–H groups in total. The van der Waals surface area contributed by atoms with E-state index in [1.165, 1.54) is 6.20 Å². The van der Waals surface area contributed by atoms with E-state index in [0.717, 1.165) is 0 Å². The fourth-order valence-corrected chi connectivity index (χ4v) is 1.62. The van der Waals surface area contributed by atoms with Crippen LogP contribution in [0.2, 0.25) is 0 Å². The molecule has 0 aliphatic carbocycles. The van der Waals surface area contributed by atoms with Gasteiger partial charge in [0.25, 0.3) is 0 Å². The number of terminal acetylenes is 1. The van der Waals surface area contributed by atoms with E-state index in [2.05, 4.69) is 15.9 Å². The van der Waals surface area contributed by atoms with Gasteiger partial charge < -0.3 is 0 Å². The van der Waals surface area contributed by atoms with Gasteiger partial charge in [-0.2, -0.15) is 0 Å². The van der Waals surface area contributed by atoms with E-state index >= 15 is 0 Å². The molecule has 0 bridgehead atoms. The van der Waals surface area contributed by atoms with Crippen molar-refractivity contribution in [3.8, 4) is 12.3 Å². The minimum atomic E-state index is -0.435. The summed E-state index contributed by atoms with van der Waals surface area (Å²) >= 11 is 0. The van der Waals surface area contributed by atoms with Crippen LogP contribution in [0.3, 0.4) is 0 Å². The average molecular weight is 223 g/mol. The standard InChI is InChI=1S/C13H12BN2O/c1-5-8-7-15-12-10(16-8)9(6-14-12)11(17)13(2,3)4/h1,6-7H,2-4H3. The van der Waals surface area contributed by atoms with Crippen molar-refractivity contribution in [2.75, 3.05) is 0 Å². The highest BCUT2D eigenvalue weighted by Gasteiger charge is 2.30. The molecule has 0 unspecified atom stereocenters. The number of hydrogen-bond donors (Lipinski definition) is 0. The Kier molecular flexibility index (Phi) is 2.63. The summed E-state index contributed by atoms with van der Waals surface area (Å²) in [5, 5.41) is 0. The Morgan fingerprint density at radius 3 is 2.76 bits per heavy atom. The summed E-state index contributed by atoms with van der Waals surface area (Å²) in [6, 6.07) is 0. The van der Waals surface area contributed by atoms with Gasteiger partial charge in [0, 0.05) is 16.6 Å². The normalized spacial score (nSPS) is 13.4. The summed E-state index contributed by atoms with van der Waals surface area (Å²) in [4.78, 5) is 20.7. The zero-order chi connectivity index (χ0) is 12.6. The molecule has 1 radical (unpaired) electrons. The number of aromatic nitrogens is 2. The van der Waals surface area contributed by atoms with Crippen molar-refractivity contribution in [2.24, 2.45) is 5.41 Å². The molecule has 0 saturated carbocycles. The molecule has 0 fully saturated rings. The number of hydrogen-bond acceptors (Lipinski definition) is 3. The van der Waals surface area contributed by atoms with Crippen molar-refractivity contribution in [1.82, 2.24) is 9.97 Å². The first-order valence-corrected chi connectivity index (χ1v) is 5.37.